The van der Waals surface area contributed by atoms with E-state index in [0.29, 0.717) is 31.5 Å². The maximum absolute atomic E-state index is 12.4. The zero-order chi connectivity index (χ0) is 17.8. The third-order valence-corrected chi connectivity index (χ3v) is 4.66. The fourth-order valence-electron chi connectivity index (χ4n) is 3.24. The molecule has 1 aromatic rings. The highest BCUT2D eigenvalue weighted by Crippen LogP contribution is 2.15. The summed E-state index contributed by atoms with van der Waals surface area (Å²) >= 11 is 0. The number of carbonyl (C=O) groups is 4. The monoisotopic (exact) mass is 343 g/mol. The van der Waals surface area contributed by atoms with Crippen LogP contribution in [0.25, 0.3) is 0 Å². The van der Waals surface area contributed by atoms with Crippen LogP contribution in [0.3, 0.4) is 0 Å². The third-order valence-electron chi connectivity index (χ3n) is 4.66. The Morgan fingerprint density at radius 3 is 2.60 bits per heavy atom. The fraction of sp³-hybridized carbons (Fsp3) is 0.444. The van der Waals surface area contributed by atoms with E-state index in [2.05, 4.69) is 5.32 Å². The van der Waals surface area contributed by atoms with Crippen LogP contribution < -0.4 is 5.32 Å². The zero-order valence-electron chi connectivity index (χ0n) is 13.9. The van der Waals surface area contributed by atoms with Crippen LogP contribution in [0, 0.1) is 0 Å². The number of hydrogen-bond donors (Lipinski definition) is 1. The Labute approximate surface area is 146 Å². The number of piperazine rings is 2. The largest absolute Gasteiger partial charge is 0.345 e. The Morgan fingerprint density at radius 2 is 1.84 bits per heavy atom. The molecule has 7 nitrogen and oxygen atoms in total. The van der Waals surface area contributed by atoms with Crippen molar-refractivity contribution in [1.29, 1.82) is 0 Å². The molecule has 0 radical (unpaired) electrons. The van der Waals surface area contributed by atoms with E-state index in [4.69, 9.17) is 0 Å². The van der Waals surface area contributed by atoms with Gasteiger partial charge in [-0.1, -0.05) is 30.3 Å². The van der Waals surface area contributed by atoms with E-state index in [0.717, 1.165) is 0 Å². The van der Waals surface area contributed by atoms with Gasteiger partial charge in [-0.15, -0.1) is 0 Å². The van der Waals surface area contributed by atoms with Crippen LogP contribution in [-0.2, 0) is 14.4 Å². The molecular formula is C18H21N3O4. The number of nitrogens with one attached hydrogen (secondary N) is 1. The van der Waals surface area contributed by atoms with E-state index >= 15 is 0 Å². The fourth-order valence-corrected chi connectivity index (χ4v) is 3.24. The van der Waals surface area contributed by atoms with Crippen molar-refractivity contribution in [2.75, 3.05) is 26.2 Å². The van der Waals surface area contributed by atoms with Crippen molar-refractivity contribution >= 4 is 23.5 Å². The molecule has 2 fully saturated rings. The Bertz CT molecular complexity index is 689. The number of benzene rings is 1. The predicted molar refractivity (Wildman–Crippen MR) is 89.7 cm³/mol. The van der Waals surface area contributed by atoms with Gasteiger partial charge in [-0.3, -0.25) is 19.2 Å². The summed E-state index contributed by atoms with van der Waals surface area (Å²) in [4.78, 5) is 51.3. The lowest BCUT2D eigenvalue weighted by Gasteiger charge is -2.42. The molecule has 3 rings (SSSR count). The van der Waals surface area contributed by atoms with E-state index in [1.54, 1.807) is 21.9 Å². The van der Waals surface area contributed by atoms with Crippen molar-refractivity contribution in [3.8, 4) is 0 Å². The summed E-state index contributed by atoms with van der Waals surface area (Å²) in [5.74, 6) is -0.372. The second-order valence-corrected chi connectivity index (χ2v) is 6.30. The minimum absolute atomic E-state index is 0.0236. The molecule has 1 aromatic carbocycles. The van der Waals surface area contributed by atoms with Gasteiger partial charge in [0.05, 0.1) is 13.1 Å². The molecule has 0 unspecified atom stereocenters. The van der Waals surface area contributed by atoms with Crippen LogP contribution in [0.15, 0.2) is 30.3 Å². The van der Waals surface area contributed by atoms with E-state index in [1.807, 2.05) is 18.2 Å². The second kappa shape index (κ2) is 7.46. The third kappa shape index (κ3) is 3.87. The highest BCUT2D eigenvalue weighted by Gasteiger charge is 2.39. The lowest BCUT2D eigenvalue weighted by molar-refractivity contribution is -0.152. The zero-order valence-corrected chi connectivity index (χ0v) is 13.9. The van der Waals surface area contributed by atoms with Crippen LogP contribution in [-0.4, -0.2) is 65.5 Å². The van der Waals surface area contributed by atoms with Gasteiger partial charge >= 0.3 is 0 Å². The Balaban J connectivity index is 1.48. The standard InChI is InChI=1S/C18H21N3O4/c22-15(13-5-2-1-3-6-13)7-4-8-16(23)20-9-10-21-14(12-20)18(25)19-11-17(21)24/h1-3,5-6,14H,4,7-12H2,(H,19,25)/t14-/m1/s1. The van der Waals surface area contributed by atoms with E-state index in [-0.39, 0.29) is 43.0 Å². The summed E-state index contributed by atoms with van der Waals surface area (Å²) in [6.45, 7) is 1.07. The van der Waals surface area contributed by atoms with Gasteiger partial charge in [0, 0.05) is 31.5 Å². The van der Waals surface area contributed by atoms with Crippen molar-refractivity contribution in [3.63, 3.8) is 0 Å². The smallest absolute Gasteiger partial charge is 0.245 e. The summed E-state index contributed by atoms with van der Waals surface area (Å²) < 4.78 is 0. The average molecular weight is 343 g/mol. The first kappa shape index (κ1) is 17.1. The van der Waals surface area contributed by atoms with Gasteiger partial charge in [-0.2, -0.15) is 0 Å². The van der Waals surface area contributed by atoms with Gasteiger partial charge in [0.15, 0.2) is 5.78 Å². The first-order valence-electron chi connectivity index (χ1n) is 8.49. The molecular weight excluding hydrogens is 322 g/mol. The van der Waals surface area contributed by atoms with Crippen molar-refractivity contribution < 1.29 is 19.2 Å². The van der Waals surface area contributed by atoms with Crippen molar-refractivity contribution in [2.24, 2.45) is 0 Å². The SMILES string of the molecule is O=C(CCCC(=O)N1CCN2C(=O)CNC(=O)[C@H]2C1)c1ccccc1. The molecule has 132 valence electrons. The molecule has 0 aromatic heterocycles. The maximum atomic E-state index is 12.4. The minimum Gasteiger partial charge on any atom is -0.345 e. The molecule has 3 amide bonds. The van der Waals surface area contributed by atoms with E-state index in [9.17, 15) is 19.2 Å². The number of Topliss-reactive ketones (excluding diaryl/α,β-unsaturated/α-hetero) is 1. The number of rotatable bonds is 5. The average Bonchev–Trinajstić information content (AvgIpc) is 2.65. The van der Waals surface area contributed by atoms with Crippen molar-refractivity contribution in [3.05, 3.63) is 35.9 Å². The summed E-state index contributed by atoms with van der Waals surface area (Å²) in [5, 5.41) is 2.55. The molecule has 0 bridgehead atoms. The summed E-state index contributed by atoms with van der Waals surface area (Å²) in [6.07, 6.45) is 1.06. The van der Waals surface area contributed by atoms with Gasteiger partial charge in [-0.25, -0.2) is 0 Å². The molecule has 1 atom stereocenters. The summed E-state index contributed by atoms with van der Waals surface area (Å²) in [5.41, 5.74) is 0.654. The molecule has 2 heterocycles. The molecule has 25 heavy (non-hydrogen) atoms. The van der Waals surface area contributed by atoms with Gasteiger partial charge in [0.2, 0.25) is 17.7 Å². The van der Waals surface area contributed by atoms with Crippen LogP contribution in [0.4, 0.5) is 0 Å². The second-order valence-electron chi connectivity index (χ2n) is 6.30. The molecule has 2 aliphatic heterocycles. The number of hydrogen-bond acceptors (Lipinski definition) is 4. The highest BCUT2D eigenvalue weighted by atomic mass is 16.2. The van der Waals surface area contributed by atoms with Crippen molar-refractivity contribution in [1.82, 2.24) is 15.1 Å². The first-order chi connectivity index (χ1) is 12.1. The highest BCUT2D eigenvalue weighted by molar-refractivity contribution is 5.96. The number of nitrogens with zero attached hydrogens (tertiary/aromatic N) is 2. The van der Waals surface area contributed by atoms with Crippen LogP contribution in [0.1, 0.15) is 29.6 Å². The Morgan fingerprint density at radius 1 is 1.08 bits per heavy atom. The normalized spacial score (nSPS) is 20.1. The summed E-state index contributed by atoms with van der Waals surface area (Å²) in [6, 6.07) is 8.42. The lowest BCUT2D eigenvalue weighted by atomic mass is 10.0. The molecule has 0 spiro atoms. The predicted octanol–water partition coefficient (Wildman–Crippen LogP) is 0.209. The van der Waals surface area contributed by atoms with Crippen LogP contribution in [0.5, 0.6) is 0 Å². The van der Waals surface area contributed by atoms with Crippen LogP contribution >= 0.6 is 0 Å². The quantitative estimate of drug-likeness (QED) is 0.774. The number of carbonyl (C=O) groups excluding carboxylic acids is 4. The number of amides is 3. The Kier molecular flexibility index (Phi) is 5.11. The number of fused-ring (bicyclic) bond motifs is 1. The topological polar surface area (TPSA) is 86.8 Å². The molecule has 2 saturated heterocycles. The Hall–Kier alpha value is -2.70. The summed E-state index contributed by atoms with van der Waals surface area (Å²) in [7, 11) is 0. The molecule has 0 saturated carbocycles. The molecule has 2 aliphatic rings. The van der Waals surface area contributed by atoms with Gasteiger partial charge in [-0.05, 0) is 6.42 Å². The molecule has 0 aliphatic carbocycles. The first-order valence-corrected chi connectivity index (χ1v) is 8.49. The van der Waals surface area contributed by atoms with E-state index < -0.39 is 6.04 Å². The maximum Gasteiger partial charge on any atom is 0.245 e. The van der Waals surface area contributed by atoms with Crippen molar-refractivity contribution in [2.45, 2.75) is 25.3 Å². The van der Waals surface area contributed by atoms with Crippen LogP contribution in [0.2, 0.25) is 0 Å². The van der Waals surface area contributed by atoms with Gasteiger partial charge < -0.3 is 15.1 Å². The molecule has 1 N–H and O–H groups in total. The minimum atomic E-state index is -0.593. The number of ketones is 1. The lowest BCUT2D eigenvalue weighted by Crippen LogP contribution is -2.66. The van der Waals surface area contributed by atoms with E-state index in [1.165, 1.54) is 0 Å². The van der Waals surface area contributed by atoms with Gasteiger partial charge in [0.25, 0.3) is 0 Å². The molecule has 7 heteroatoms. The van der Waals surface area contributed by atoms with Gasteiger partial charge in [0.1, 0.15) is 6.04 Å².